The number of nitrogen functional groups attached to an aromatic ring is 1. The lowest BCUT2D eigenvalue weighted by molar-refractivity contribution is -0.172. The molecule has 0 radical (unpaired) electrons. The fourth-order valence-electron chi connectivity index (χ4n) is 5.22. The molecular weight excluding hydrogens is 494 g/mol. The Bertz CT molecular complexity index is 1220. The van der Waals surface area contributed by atoms with Crippen molar-refractivity contribution < 1.29 is 28.7 Å². The molecule has 2 aliphatic heterocycles. The molecule has 1 aromatic heterocycles. The van der Waals surface area contributed by atoms with Crippen LogP contribution in [0.3, 0.4) is 0 Å². The number of aliphatic carboxylic acids is 1. The number of hydrogen-bond donors (Lipinski definition) is 6. The van der Waals surface area contributed by atoms with Crippen LogP contribution in [0.5, 0.6) is 0 Å². The first kappa shape index (κ1) is 26.8. The molecule has 0 aliphatic carbocycles. The number of furan rings is 1. The van der Waals surface area contributed by atoms with E-state index in [0.29, 0.717) is 24.2 Å². The van der Waals surface area contributed by atoms with Gasteiger partial charge in [0, 0.05) is 42.9 Å². The molecule has 2 fully saturated rings. The number of benzene rings is 1. The molecule has 13 heteroatoms. The first-order valence-electron chi connectivity index (χ1n) is 12.2. The van der Waals surface area contributed by atoms with Crippen LogP contribution < -0.4 is 21.7 Å². The number of nitrogens with one attached hydrogen (secondary N) is 4. The minimum Gasteiger partial charge on any atom is -0.479 e. The van der Waals surface area contributed by atoms with Crippen molar-refractivity contribution in [3.05, 3.63) is 59.5 Å². The number of hydrogen-bond acceptors (Lipinski definition) is 8. The van der Waals surface area contributed by atoms with E-state index in [9.17, 15) is 24.3 Å². The molecular formula is C25H31N7O6. The summed E-state index contributed by atoms with van der Waals surface area (Å²) in [5.74, 6) is -2.92. The van der Waals surface area contributed by atoms with Gasteiger partial charge in [-0.05, 0) is 25.1 Å². The Labute approximate surface area is 218 Å². The fraction of sp³-hybridized carbons (Fsp3) is 0.400. The van der Waals surface area contributed by atoms with E-state index in [1.54, 1.807) is 6.07 Å². The number of nitrogens with two attached hydrogens (primary N) is 1. The lowest BCUT2D eigenvalue weighted by atomic mass is 9.76. The molecule has 4 rings (SSSR count). The van der Waals surface area contributed by atoms with Crippen molar-refractivity contribution in [3.63, 3.8) is 0 Å². The zero-order valence-corrected chi connectivity index (χ0v) is 20.9. The van der Waals surface area contributed by atoms with E-state index in [2.05, 4.69) is 16.0 Å². The molecule has 38 heavy (non-hydrogen) atoms. The zero-order valence-electron chi connectivity index (χ0n) is 20.9. The minimum absolute atomic E-state index is 0.00277. The summed E-state index contributed by atoms with van der Waals surface area (Å²) >= 11 is 0. The smallest absolute Gasteiger partial charge is 0.334 e. The second kappa shape index (κ2) is 11.0. The summed E-state index contributed by atoms with van der Waals surface area (Å²) in [6, 6.07) is 5.23. The molecule has 0 bridgehead atoms. The molecule has 202 valence electrons. The summed E-state index contributed by atoms with van der Waals surface area (Å²) in [5, 5.41) is 27.2. The number of carbonyl (C=O) groups is 4. The number of carboxylic acids is 1. The van der Waals surface area contributed by atoms with E-state index in [-0.39, 0.29) is 43.5 Å². The summed E-state index contributed by atoms with van der Waals surface area (Å²) in [4.78, 5) is 55.8. The van der Waals surface area contributed by atoms with Gasteiger partial charge in [-0.25, -0.2) is 4.79 Å². The third kappa shape index (κ3) is 4.85. The van der Waals surface area contributed by atoms with Crippen LogP contribution in [0.25, 0.3) is 0 Å². The van der Waals surface area contributed by atoms with E-state index in [4.69, 9.17) is 15.6 Å². The van der Waals surface area contributed by atoms with Gasteiger partial charge in [0.2, 0.25) is 11.8 Å². The highest BCUT2D eigenvalue weighted by Gasteiger charge is 2.60. The van der Waals surface area contributed by atoms with E-state index in [0.717, 1.165) is 0 Å². The van der Waals surface area contributed by atoms with Crippen LogP contribution in [-0.4, -0.2) is 95.3 Å². The third-order valence-corrected chi connectivity index (χ3v) is 7.06. The van der Waals surface area contributed by atoms with Crippen LogP contribution in [0, 0.1) is 5.41 Å². The maximum atomic E-state index is 13.4. The molecule has 3 heterocycles. The summed E-state index contributed by atoms with van der Waals surface area (Å²) in [5.41, 5.74) is 4.45. The van der Waals surface area contributed by atoms with E-state index < -0.39 is 35.4 Å². The van der Waals surface area contributed by atoms with Gasteiger partial charge in [-0.3, -0.25) is 19.8 Å². The van der Waals surface area contributed by atoms with Gasteiger partial charge >= 0.3 is 5.97 Å². The van der Waals surface area contributed by atoms with E-state index in [1.165, 1.54) is 53.5 Å². The number of carbonyl (C=O) groups excluding carboxylic acids is 3. The molecule has 1 aromatic carbocycles. The van der Waals surface area contributed by atoms with Crippen LogP contribution in [0.1, 0.15) is 34.5 Å². The number of carboxylic acid groups (broad SMARTS) is 1. The topological polar surface area (TPSA) is 194 Å². The zero-order chi connectivity index (χ0) is 27.4. The van der Waals surface area contributed by atoms with Gasteiger partial charge in [0.1, 0.15) is 5.84 Å². The van der Waals surface area contributed by atoms with Crippen LogP contribution in [-0.2, 0) is 14.4 Å². The highest BCUT2D eigenvalue weighted by Crippen LogP contribution is 2.41. The van der Waals surface area contributed by atoms with Crippen molar-refractivity contribution >= 4 is 29.5 Å². The number of amides is 3. The molecule has 3 unspecified atom stereocenters. The number of rotatable bonds is 9. The maximum Gasteiger partial charge on any atom is 0.334 e. The van der Waals surface area contributed by atoms with Gasteiger partial charge in [-0.15, -0.1) is 0 Å². The minimum atomic E-state index is -2.08. The van der Waals surface area contributed by atoms with Gasteiger partial charge in [0.25, 0.3) is 5.91 Å². The Morgan fingerprint density at radius 3 is 2.26 bits per heavy atom. The SMILES string of the molecule is CC(NC(=O)c1ccc(C(=N)N)cc1)C(C(=O)O)(C(c1ccoc1)N1CCNCC1=O)N1CCNCC1=O. The molecule has 2 aliphatic rings. The standard InChI is InChI=1S/C25H31N7O6/c1-15(30-23(35)17-4-2-16(3-5-17)22(26)27)25(24(36)37,32-10-8-29-13-20(32)34)21(18-6-11-38-14-18)31-9-7-28-12-19(31)33/h2-6,11,14-15,21,28-29H,7-10,12-13H2,1H3,(H3,26,27)(H,30,35)(H,36,37). The molecule has 0 saturated carbocycles. The molecule has 7 N–H and O–H groups in total. The first-order chi connectivity index (χ1) is 18.2. The van der Waals surface area contributed by atoms with Gasteiger partial charge in [-0.1, -0.05) is 12.1 Å². The van der Waals surface area contributed by atoms with Crippen LogP contribution in [0.2, 0.25) is 0 Å². The van der Waals surface area contributed by atoms with E-state index in [1.807, 2.05) is 0 Å². The van der Waals surface area contributed by atoms with Crippen molar-refractivity contribution in [3.8, 4) is 0 Å². The van der Waals surface area contributed by atoms with Gasteiger partial charge < -0.3 is 41.0 Å². The maximum absolute atomic E-state index is 13.4. The Morgan fingerprint density at radius 1 is 1.08 bits per heavy atom. The van der Waals surface area contributed by atoms with Crippen LogP contribution >= 0.6 is 0 Å². The van der Waals surface area contributed by atoms with Crippen LogP contribution in [0.15, 0.2) is 47.3 Å². The predicted octanol–water partition coefficient (Wildman–Crippen LogP) is -0.890. The molecule has 3 atom stereocenters. The normalized spacial score (nSPS) is 19.4. The summed E-state index contributed by atoms with van der Waals surface area (Å²) < 4.78 is 5.29. The Hall–Kier alpha value is -4.23. The number of nitrogens with zero attached hydrogens (tertiary/aromatic N) is 2. The number of amidine groups is 1. The fourth-order valence-corrected chi connectivity index (χ4v) is 5.22. The highest BCUT2D eigenvalue weighted by atomic mass is 16.4. The Morgan fingerprint density at radius 2 is 1.71 bits per heavy atom. The second-order valence-electron chi connectivity index (χ2n) is 9.26. The van der Waals surface area contributed by atoms with Gasteiger partial charge in [-0.2, -0.15) is 0 Å². The molecule has 2 saturated heterocycles. The van der Waals surface area contributed by atoms with Crippen molar-refractivity contribution in [2.45, 2.75) is 24.5 Å². The van der Waals surface area contributed by atoms with Crippen molar-refractivity contribution in [1.82, 2.24) is 25.8 Å². The Balaban J connectivity index is 1.83. The number of piperazine rings is 2. The van der Waals surface area contributed by atoms with E-state index >= 15 is 0 Å². The monoisotopic (exact) mass is 525 g/mol. The predicted molar refractivity (Wildman–Crippen MR) is 135 cm³/mol. The second-order valence-corrected chi connectivity index (χ2v) is 9.26. The quantitative estimate of drug-likeness (QED) is 0.178. The highest BCUT2D eigenvalue weighted by molar-refractivity contribution is 5.99. The third-order valence-electron chi connectivity index (χ3n) is 7.06. The molecule has 13 nitrogen and oxygen atoms in total. The summed E-state index contributed by atoms with van der Waals surface area (Å²) in [7, 11) is 0. The first-order valence-corrected chi connectivity index (χ1v) is 12.2. The Kier molecular flexibility index (Phi) is 7.78. The van der Waals surface area contributed by atoms with Gasteiger partial charge in [0.15, 0.2) is 5.54 Å². The van der Waals surface area contributed by atoms with Crippen molar-refractivity contribution in [2.75, 3.05) is 39.3 Å². The summed E-state index contributed by atoms with van der Waals surface area (Å²) in [6.07, 6.45) is 2.74. The largest absolute Gasteiger partial charge is 0.479 e. The molecule has 3 amide bonds. The van der Waals surface area contributed by atoms with Gasteiger partial charge in [0.05, 0.1) is 37.7 Å². The van der Waals surface area contributed by atoms with Crippen molar-refractivity contribution in [2.24, 2.45) is 5.73 Å². The van der Waals surface area contributed by atoms with Crippen LogP contribution in [0.4, 0.5) is 0 Å². The lowest BCUT2D eigenvalue weighted by Gasteiger charge is -2.53. The molecule has 0 spiro atoms. The average molecular weight is 526 g/mol. The van der Waals surface area contributed by atoms with Crippen molar-refractivity contribution in [1.29, 1.82) is 5.41 Å². The average Bonchev–Trinajstić information content (AvgIpc) is 3.42. The summed E-state index contributed by atoms with van der Waals surface area (Å²) in [6.45, 7) is 2.43. The molecule has 2 aromatic rings. The lowest BCUT2D eigenvalue weighted by Crippen LogP contribution is -2.75.